The lowest BCUT2D eigenvalue weighted by Gasteiger charge is -2.19. The van der Waals surface area contributed by atoms with E-state index >= 15 is 0 Å². The molecule has 0 aliphatic carbocycles. The number of carboxylic acids is 1. The van der Waals surface area contributed by atoms with Crippen LogP contribution in [-0.2, 0) is 4.79 Å². The number of carboxylic acid groups (broad SMARTS) is 1. The number of aliphatic carboxylic acids is 1. The lowest BCUT2D eigenvalue weighted by atomic mass is 9.87. The van der Waals surface area contributed by atoms with Crippen LogP contribution in [0.5, 0.6) is 0 Å². The highest BCUT2D eigenvalue weighted by molar-refractivity contribution is 5.75. The lowest BCUT2D eigenvalue weighted by molar-refractivity contribution is -0.139. The van der Waals surface area contributed by atoms with E-state index in [4.69, 9.17) is 5.11 Å². The molecule has 0 radical (unpaired) electrons. The molecule has 0 amide bonds. The highest BCUT2D eigenvalue weighted by Gasteiger charge is 2.40. The molecule has 1 aliphatic rings. The zero-order valence-corrected chi connectivity index (χ0v) is 9.08. The number of benzene rings is 1. The van der Waals surface area contributed by atoms with Crippen LogP contribution in [0, 0.1) is 11.6 Å². The number of rotatable bonds is 2. The fourth-order valence-electron chi connectivity index (χ4n) is 2.12. The monoisotopic (exact) mass is 242 g/mol. The summed E-state index contributed by atoms with van der Waals surface area (Å²) in [6.07, 6.45) is 0. The van der Waals surface area contributed by atoms with Crippen LogP contribution in [0.25, 0.3) is 0 Å². The fraction of sp³-hybridized carbons (Fsp3) is 0.364. The molecule has 3 N–H and O–H groups in total. The second-order valence-electron chi connectivity index (χ2n) is 4.08. The van der Waals surface area contributed by atoms with Gasteiger partial charge in [-0.15, -0.1) is 0 Å². The van der Waals surface area contributed by atoms with E-state index in [-0.39, 0.29) is 11.6 Å². The van der Waals surface area contributed by atoms with Gasteiger partial charge < -0.3 is 5.11 Å². The van der Waals surface area contributed by atoms with Crippen molar-refractivity contribution in [2.45, 2.75) is 24.9 Å². The molecular formula is C11H12F2N2O2. The third kappa shape index (κ3) is 2.13. The van der Waals surface area contributed by atoms with E-state index in [0.717, 1.165) is 18.2 Å². The normalized spacial score (nSPS) is 28.3. The molecule has 0 saturated carbocycles. The molecule has 4 nitrogen and oxygen atoms in total. The van der Waals surface area contributed by atoms with E-state index in [1.807, 2.05) is 0 Å². The van der Waals surface area contributed by atoms with E-state index in [1.165, 1.54) is 0 Å². The summed E-state index contributed by atoms with van der Waals surface area (Å²) in [6.45, 7) is 1.71. The first-order valence-corrected chi connectivity index (χ1v) is 5.19. The zero-order valence-electron chi connectivity index (χ0n) is 9.08. The average molecular weight is 242 g/mol. The maximum absolute atomic E-state index is 13.6. The topological polar surface area (TPSA) is 61.4 Å². The minimum absolute atomic E-state index is 0.0717. The van der Waals surface area contributed by atoms with E-state index < -0.39 is 29.6 Å². The summed E-state index contributed by atoms with van der Waals surface area (Å²) in [5, 5.41) is 9.00. The van der Waals surface area contributed by atoms with Gasteiger partial charge in [-0.05, 0) is 30.7 Å². The van der Waals surface area contributed by atoms with Gasteiger partial charge in [-0.1, -0.05) is 0 Å². The molecule has 0 aromatic heterocycles. The van der Waals surface area contributed by atoms with Crippen molar-refractivity contribution < 1.29 is 18.7 Å². The first kappa shape index (κ1) is 11.9. The fourth-order valence-corrected chi connectivity index (χ4v) is 2.12. The summed E-state index contributed by atoms with van der Waals surface area (Å²) in [7, 11) is 0. The van der Waals surface area contributed by atoms with E-state index in [9.17, 15) is 13.6 Å². The quantitative estimate of drug-likeness (QED) is 0.724. The van der Waals surface area contributed by atoms with Gasteiger partial charge in [0.25, 0.3) is 0 Å². The highest BCUT2D eigenvalue weighted by Crippen LogP contribution is 2.29. The van der Waals surface area contributed by atoms with Gasteiger partial charge in [-0.3, -0.25) is 10.2 Å². The van der Waals surface area contributed by atoms with Crippen molar-refractivity contribution in [1.82, 2.24) is 10.9 Å². The molecule has 17 heavy (non-hydrogen) atoms. The Hall–Kier alpha value is -1.53. The molecule has 92 valence electrons. The second kappa shape index (κ2) is 4.38. The molecule has 0 bridgehead atoms. The van der Waals surface area contributed by atoms with Gasteiger partial charge in [0.05, 0.1) is 0 Å². The largest absolute Gasteiger partial charge is 0.480 e. The van der Waals surface area contributed by atoms with E-state index in [1.54, 1.807) is 6.92 Å². The smallest absolute Gasteiger partial charge is 0.322 e. The summed E-state index contributed by atoms with van der Waals surface area (Å²) in [5.74, 6) is -2.93. The van der Waals surface area contributed by atoms with Crippen molar-refractivity contribution in [3.8, 4) is 0 Å². The van der Waals surface area contributed by atoms with Crippen LogP contribution in [0.2, 0.25) is 0 Å². The Bertz CT molecular complexity index is 453. The Morgan fingerprint density at radius 3 is 2.71 bits per heavy atom. The Labute approximate surface area is 96.6 Å². The Morgan fingerprint density at radius 1 is 1.35 bits per heavy atom. The molecule has 6 heteroatoms. The minimum atomic E-state index is -1.10. The number of nitrogens with one attached hydrogen (secondary N) is 2. The van der Waals surface area contributed by atoms with Crippen LogP contribution in [0.15, 0.2) is 18.2 Å². The maximum Gasteiger partial charge on any atom is 0.322 e. The zero-order chi connectivity index (χ0) is 12.6. The standard InChI is InChI=1S/C11H12F2N2O2/c1-5-9(10(11(16)17)15-14-5)7-4-6(12)2-3-8(7)13/h2-5,9-10,14-15H,1H3,(H,16,17). The Balaban J connectivity index is 2.42. The first-order valence-electron chi connectivity index (χ1n) is 5.19. The summed E-state index contributed by atoms with van der Waals surface area (Å²) in [4.78, 5) is 11.0. The predicted molar refractivity (Wildman–Crippen MR) is 56.3 cm³/mol. The lowest BCUT2D eigenvalue weighted by Crippen LogP contribution is -2.38. The summed E-state index contributed by atoms with van der Waals surface area (Å²) in [6, 6.07) is 1.79. The van der Waals surface area contributed by atoms with Gasteiger partial charge in [-0.2, -0.15) is 0 Å². The molecule has 3 unspecified atom stereocenters. The van der Waals surface area contributed by atoms with Crippen LogP contribution in [0.3, 0.4) is 0 Å². The second-order valence-corrected chi connectivity index (χ2v) is 4.08. The third-order valence-corrected chi connectivity index (χ3v) is 2.95. The van der Waals surface area contributed by atoms with Crippen molar-refractivity contribution in [3.63, 3.8) is 0 Å². The van der Waals surface area contributed by atoms with Crippen molar-refractivity contribution in [1.29, 1.82) is 0 Å². The molecule has 1 fully saturated rings. The van der Waals surface area contributed by atoms with Crippen molar-refractivity contribution in [3.05, 3.63) is 35.4 Å². The minimum Gasteiger partial charge on any atom is -0.480 e. The SMILES string of the molecule is CC1NNC(C(=O)O)C1c1cc(F)ccc1F. The number of halogens is 2. The molecule has 1 aliphatic heterocycles. The van der Waals surface area contributed by atoms with E-state index in [2.05, 4.69) is 10.9 Å². The molecule has 1 saturated heterocycles. The van der Waals surface area contributed by atoms with E-state index in [0.29, 0.717) is 0 Å². The molecular weight excluding hydrogens is 230 g/mol. The average Bonchev–Trinajstić information content (AvgIpc) is 2.64. The Morgan fingerprint density at radius 2 is 2.06 bits per heavy atom. The van der Waals surface area contributed by atoms with Crippen LogP contribution in [0.4, 0.5) is 8.78 Å². The van der Waals surface area contributed by atoms with Crippen molar-refractivity contribution >= 4 is 5.97 Å². The van der Waals surface area contributed by atoms with Gasteiger partial charge in [-0.25, -0.2) is 14.2 Å². The van der Waals surface area contributed by atoms with Gasteiger partial charge in [0.1, 0.15) is 17.7 Å². The number of hydrogen-bond acceptors (Lipinski definition) is 3. The molecule has 0 spiro atoms. The summed E-state index contributed by atoms with van der Waals surface area (Å²) < 4.78 is 26.7. The van der Waals surface area contributed by atoms with Crippen LogP contribution >= 0.6 is 0 Å². The maximum atomic E-state index is 13.6. The van der Waals surface area contributed by atoms with Gasteiger partial charge in [0, 0.05) is 12.0 Å². The number of carbonyl (C=O) groups is 1. The molecule has 1 heterocycles. The van der Waals surface area contributed by atoms with Gasteiger partial charge in [0.15, 0.2) is 0 Å². The summed E-state index contributed by atoms with van der Waals surface area (Å²) >= 11 is 0. The first-order chi connectivity index (χ1) is 8.00. The van der Waals surface area contributed by atoms with Gasteiger partial charge >= 0.3 is 5.97 Å². The molecule has 3 atom stereocenters. The van der Waals surface area contributed by atoms with Crippen LogP contribution < -0.4 is 10.9 Å². The van der Waals surface area contributed by atoms with Crippen molar-refractivity contribution in [2.75, 3.05) is 0 Å². The number of hydrazine groups is 1. The molecule has 1 aromatic rings. The van der Waals surface area contributed by atoms with Crippen LogP contribution in [-0.4, -0.2) is 23.2 Å². The molecule has 1 aromatic carbocycles. The Kier molecular flexibility index (Phi) is 3.08. The third-order valence-electron chi connectivity index (χ3n) is 2.95. The van der Waals surface area contributed by atoms with Gasteiger partial charge in [0.2, 0.25) is 0 Å². The molecule has 2 rings (SSSR count). The predicted octanol–water partition coefficient (Wildman–Crippen LogP) is 0.998. The van der Waals surface area contributed by atoms with Crippen LogP contribution in [0.1, 0.15) is 18.4 Å². The highest BCUT2D eigenvalue weighted by atomic mass is 19.1. The summed E-state index contributed by atoms with van der Waals surface area (Å²) in [5.41, 5.74) is 5.36. The van der Waals surface area contributed by atoms with Crippen molar-refractivity contribution in [2.24, 2.45) is 0 Å². The number of hydrogen-bond donors (Lipinski definition) is 3.